The first kappa shape index (κ1) is 12.9. The minimum Gasteiger partial charge on any atom is -0.465 e. The minimum atomic E-state index is -0.976. The number of hydrogen-bond donors (Lipinski definition) is 2. The van der Waals surface area contributed by atoms with E-state index in [0.717, 1.165) is 31.6 Å². The van der Waals surface area contributed by atoms with Crippen LogP contribution in [0.5, 0.6) is 0 Å². The Balaban J connectivity index is 2.08. The quantitative estimate of drug-likeness (QED) is 0.845. The third-order valence-electron chi connectivity index (χ3n) is 3.46. The van der Waals surface area contributed by atoms with Gasteiger partial charge in [0, 0.05) is 38.9 Å². The van der Waals surface area contributed by atoms with Gasteiger partial charge in [0.2, 0.25) is 0 Å². The molecule has 6 heteroatoms. The first-order chi connectivity index (χ1) is 8.66. The van der Waals surface area contributed by atoms with Gasteiger partial charge in [-0.25, -0.2) is 4.79 Å². The Kier molecular flexibility index (Phi) is 4.19. The predicted molar refractivity (Wildman–Crippen MR) is 65.5 cm³/mol. The average molecular weight is 253 g/mol. The lowest BCUT2D eigenvalue weighted by molar-refractivity contribution is 0.0577. The Morgan fingerprint density at radius 2 is 2.39 bits per heavy atom. The van der Waals surface area contributed by atoms with Crippen LogP contribution in [0.2, 0.25) is 0 Å². The summed E-state index contributed by atoms with van der Waals surface area (Å²) in [7, 11) is 1.87. The fourth-order valence-electron chi connectivity index (χ4n) is 2.50. The SMILES string of the molecule is Cn1cc(C(CNC(=O)O)C2CCOCC2)cn1. The fraction of sp³-hybridized carbons (Fsp3) is 0.667. The lowest BCUT2D eigenvalue weighted by Crippen LogP contribution is -2.32. The van der Waals surface area contributed by atoms with Gasteiger partial charge in [-0.15, -0.1) is 0 Å². The number of aryl methyl sites for hydroxylation is 1. The highest BCUT2D eigenvalue weighted by Crippen LogP contribution is 2.31. The van der Waals surface area contributed by atoms with Gasteiger partial charge < -0.3 is 15.2 Å². The van der Waals surface area contributed by atoms with Crippen LogP contribution in [0.1, 0.15) is 24.3 Å². The summed E-state index contributed by atoms with van der Waals surface area (Å²) in [6.07, 6.45) is 4.76. The van der Waals surface area contributed by atoms with Crippen molar-refractivity contribution in [2.45, 2.75) is 18.8 Å². The van der Waals surface area contributed by atoms with Crippen molar-refractivity contribution in [1.82, 2.24) is 15.1 Å². The van der Waals surface area contributed by atoms with Crippen LogP contribution in [0.25, 0.3) is 0 Å². The van der Waals surface area contributed by atoms with Crippen molar-refractivity contribution < 1.29 is 14.6 Å². The highest BCUT2D eigenvalue weighted by Gasteiger charge is 2.26. The summed E-state index contributed by atoms with van der Waals surface area (Å²) in [4.78, 5) is 10.7. The molecule has 1 unspecified atom stereocenters. The van der Waals surface area contributed by atoms with Gasteiger partial charge in [-0.3, -0.25) is 4.68 Å². The Hall–Kier alpha value is -1.56. The molecule has 1 atom stereocenters. The largest absolute Gasteiger partial charge is 0.465 e. The van der Waals surface area contributed by atoms with E-state index in [-0.39, 0.29) is 5.92 Å². The lowest BCUT2D eigenvalue weighted by atomic mass is 9.82. The monoisotopic (exact) mass is 253 g/mol. The van der Waals surface area contributed by atoms with Gasteiger partial charge in [-0.05, 0) is 24.3 Å². The van der Waals surface area contributed by atoms with Gasteiger partial charge in [0.25, 0.3) is 0 Å². The van der Waals surface area contributed by atoms with Crippen LogP contribution in [0.4, 0.5) is 4.79 Å². The van der Waals surface area contributed by atoms with E-state index in [1.807, 2.05) is 19.4 Å². The topological polar surface area (TPSA) is 76.4 Å². The van der Waals surface area contributed by atoms with E-state index in [1.54, 1.807) is 4.68 Å². The molecule has 100 valence electrons. The number of aromatic nitrogens is 2. The van der Waals surface area contributed by atoms with Gasteiger partial charge in [0.05, 0.1) is 6.20 Å². The Labute approximate surface area is 106 Å². The molecule has 2 rings (SSSR count). The number of nitrogens with zero attached hydrogens (tertiary/aromatic N) is 2. The zero-order chi connectivity index (χ0) is 13.0. The second-order valence-corrected chi connectivity index (χ2v) is 4.69. The van der Waals surface area contributed by atoms with Crippen LogP contribution < -0.4 is 5.32 Å². The molecule has 0 bridgehead atoms. The molecule has 0 aliphatic carbocycles. The second-order valence-electron chi connectivity index (χ2n) is 4.69. The molecule has 1 amide bonds. The minimum absolute atomic E-state index is 0.179. The molecule has 1 aromatic rings. The molecule has 0 spiro atoms. The Bertz CT molecular complexity index is 399. The van der Waals surface area contributed by atoms with E-state index in [1.165, 1.54) is 0 Å². The molecule has 1 saturated heterocycles. The van der Waals surface area contributed by atoms with E-state index < -0.39 is 6.09 Å². The molecule has 18 heavy (non-hydrogen) atoms. The number of carbonyl (C=O) groups is 1. The first-order valence-corrected chi connectivity index (χ1v) is 6.20. The van der Waals surface area contributed by atoms with E-state index in [0.29, 0.717) is 12.5 Å². The van der Waals surface area contributed by atoms with Crippen LogP contribution >= 0.6 is 0 Å². The maximum Gasteiger partial charge on any atom is 0.404 e. The van der Waals surface area contributed by atoms with Gasteiger partial charge in [0.1, 0.15) is 0 Å². The molecule has 0 radical (unpaired) electrons. The molecule has 2 N–H and O–H groups in total. The smallest absolute Gasteiger partial charge is 0.404 e. The molecule has 0 aromatic carbocycles. The first-order valence-electron chi connectivity index (χ1n) is 6.20. The van der Waals surface area contributed by atoms with Crippen LogP contribution in [-0.4, -0.2) is 40.7 Å². The zero-order valence-corrected chi connectivity index (χ0v) is 10.5. The Morgan fingerprint density at radius 1 is 1.67 bits per heavy atom. The molecule has 1 aliphatic rings. The molecule has 1 fully saturated rings. The number of ether oxygens (including phenoxy) is 1. The molecular weight excluding hydrogens is 234 g/mol. The summed E-state index contributed by atoms with van der Waals surface area (Å²) in [5.41, 5.74) is 1.10. The highest BCUT2D eigenvalue weighted by molar-refractivity contribution is 5.64. The normalized spacial score (nSPS) is 18.5. The molecule has 1 aromatic heterocycles. The van der Waals surface area contributed by atoms with E-state index in [2.05, 4.69) is 10.4 Å². The van der Waals surface area contributed by atoms with Gasteiger partial charge in [-0.2, -0.15) is 5.10 Å². The molecule has 6 nitrogen and oxygen atoms in total. The van der Waals surface area contributed by atoms with Gasteiger partial charge in [0.15, 0.2) is 0 Å². The third-order valence-corrected chi connectivity index (χ3v) is 3.46. The number of hydrogen-bond acceptors (Lipinski definition) is 3. The summed E-state index contributed by atoms with van der Waals surface area (Å²) in [5, 5.41) is 15.4. The number of carboxylic acid groups (broad SMARTS) is 1. The van der Waals surface area contributed by atoms with Crippen molar-refractivity contribution >= 4 is 6.09 Å². The average Bonchev–Trinajstić information content (AvgIpc) is 2.77. The summed E-state index contributed by atoms with van der Waals surface area (Å²) in [6.45, 7) is 1.95. The van der Waals surface area contributed by atoms with Crippen molar-refractivity contribution in [2.75, 3.05) is 19.8 Å². The van der Waals surface area contributed by atoms with Gasteiger partial charge in [-0.1, -0.05) is 0 Å². The summed E-state index contributed by atoms with van der Waals surface area (Å²) in [5.74, 6) is 0.633. The Morgan fingerprint density at radius 3 is 2.94 bits per heavy atom. The van der Waals surface area contributed by atoms with Crippen molar-refractivity contribution in [2.24, 2.45) is 13.0 Å². The molecule has 2 heterocycles. The summed E-state index contributed by atoms with van der Waals surface area (Å²) < 4.78 is 7.11. The molecule has 1 aliphatic heterocycles. The molecule has 0 saturated carbocycles. The van der Waals surface area contributed by atoms with Crippen molar-refractivity contribution in [3.63, 3.8) is 0 Å². The maximum atomic E-state index is 10.7. The maximum absolute atomic E-state index is 10.7. The van der Waals surface area contributed by atoms with E-state index in [9.17, 15) is 4.79 Å². The fourth-order valence-corrected chi connectivity index (χ4v) is 2.50. The lowest BCUT2D eigenvalue weighted by Gasteiger charge is -2.29. The van der Waals surface area contributed by atoms with Crippen LogP contribution in [0.3, 0.4) is 0 Å². The second kappa shape index (κ2) is 5.86. The van der Waals surface area contributed by atoms with Crippen LogP contribution in [-0.2, 0) is 11.8 Å². The van der Waals surface area contributed by atoms with E-state index in [4.69, 9.17) is 9.84 Å². The third kappa shape index (κ3) is 3.22. The highest BCUT2D eigenvalue weighted by atomic mass is 16.5. The number of amides is 1. The van der Waals surface area contributed by atoms with Gasteiger partial charge >= 0.3 is 6.09 Å². The van der Waals surface area contributed by atoms with Crippen LogP contribution in [0.15, 0.2) is 12.4 Å². The number of nitrogens with one attached hydrogen (secondary N) is 1. The standard InChI is InChI=1S/C12H19N3O3/c1-15-8-10(6-14-15)11(7-13-12(16)17)9-2-4-18-5-3-9/h6,8-9,11,13H,2-5,7H2,1H3,(H,16,17). The summed E-state index contributed by atoms with van der Waals surface area (Å²) >= 11 is 0. The summed E-state index contributed by atoms with van der Waals surface area (Å²) in [6, 6.07) is 0. The van der Waals surface area contributed by atoms with Crippen molar-refractivity contribution in [3.05, 3.63) is 18.0 Å². The molecular formula is C12H19N3O3. The predicted octanol–water partition coefficient (Wildman–Crippen LogP) is 1.20. The zero-order valence-electron chi connectivity index (χ0n) is 10.5. The van der Waals surface area contributed by atoms with Crippen LogP contribution in [0, 0.1) is 5.92 Å². The van der Waals surface area contributed by atoms with E-state index >= 15 is 0 Å². The van der Waals surface area contributed by atoms with Crippen molar-refractivity contribution in [3.8, 4) is 0 Å². The number of rotatable bonds is 4. The van der Waals surface area contributed by atoms with Crippen molar-refractivity contribution in [1.29, 1.82) is 0 Å².